The van der Waals surface area contributed by atoms with E-state index in [2.05, 4.69) is 34.0 Å². The Bertz CT molecular complexity index is 910. The van der Waals surface area contributed by atoms with Gasteiger partial charge in [-0.25, -0.2) is 4.98 Å². The molecule has 2 aromatic heterocycles. The summed E-state index contributed by atoms with van der Waals surface area (Å²) in [5.74, 6) is 1.46. The molecule has 0 amide bonds. The molecule has 1 saturated carbocycles. The van der Waals surface area contributed by atoms with E-state index in [9.17, 15) is 0 Å². The van der Waals surface area contributed by atoms with Gasteiger partial charge in [-0.05, 0) is 43.4 Å². The molecule has 6 heteroatoms. The molecular weight excluding hydrogens is 366 g/mol. The van der Waals surface area contributed by atoms with E-state index in [1.807, 2.05) is 36.5 Å². The summed E-state index contributed by atoms with van der Waals surface area (Å²) in [6.07, 6.45) is 11.9. The van der Waals surface area contributed by atoms with Crippen molar-refractivity contribution in [2.45, 2.75) is 43.0 Å². The molecule has 28 heavy (non-hydrogen) atoms. The highest BCUT2D eigenvalue weighted by atomic mass is 32.2. The molecule has 1 aliphatic rings. The lowest BCUT2D eigenvalue weighted by molar-refractivity contribution is 0.461. The van der Waals surface area contributed by atoms with Gasteiger partial charge in [-0.1, -0.05) is 31.4 Å². The third kappa shape index (κ3) is 4.62. The van der Waals surface area contributed by atoms with Gasteiger partial charge >= 0.3 is 0 Å². The van der Waals surface area contributed by atoms with E-state index in [0.29, 0.717) is 12.0 Å². The Kier molecular flexibility index (Phi) is 6.07. The minimum atomic E-state index is 0.448. The summed E-state index contributed by atoms with van der Waals surface area (Å²) in [6.45, 7) is 0. The molecule has 144 valence electrons. The highest BCUT2D eigenvalue weighted by Gasteiger charge is 2.16. The van der Waals surface area contributed by atoms with Gasteiger partial charge in [0.05, 0.1) is 11.4 Å². The standard InChI is InChI=1S/C22H25N5S/c1-28-20-12-6-5-11-18(20)25-21-14-19(16-8-7-13-23-15-16)26-22(27-21)24-17-9-3-2-4-10-17/h5-8,11-15,17H,2-4,9-10H2,1H3,(H2,24,25,26,27). The molecular formula is C22H25N5S. The van der Waals surface area contributed by atoms with Crippen LogP contribution in [0.2, 0.25) is 0 Å². The van der Waals surface area contributed by atoms with Crippen molar-refractivity contribution in [2.24, 2.45) is 0 Å². The molecule has 1 aliphatic carbocycles. The number of nitrogens with zero attached hydrogens (tertiary/aromatic N) is 3. The van der Waals surface area contributed by atoms with E-state index < -0.39 is 0 Å². The van der Waals surface area contributed by atoms with Crippen molar-refractivity contribution >= 4 is 29.2 Å². The van der Waals surface area contributed by atoms with Crippen molar-refractivity contribution in [1.82, 2.24) is 15.0 Å². The summed E-state index contributed by atoms with van der Waals surface area (Å²) in [5, 5.41) is 7.04. The molecule has 4 rings (SSSR count). The van der Waals surface area contributed by atoms with E-state index in [-0.39, 0.29) is 0 Å². The van der Waals surface area contributed by atoms with Crippen LogP contribution in [0.15, 0.2) is 59.8 Å². The fourth-order valence-electron chi connectivity index (χ4n) is 3.55. The lowest BCUT2D eigenvalue weighted by Crippen LogP contribution is -2.23. The van der Waals surface area contributed by atoms with Crippen molar-refractivity contribution in [1.29, 1.82) is 0 Å². The first kappa shape index (κ1) is 18.7. The largest absolute Gasteiger partial charge is 0.351 e. The van der Waals surface area contributed by atoms with Crippen molar-refractivity contribution < 1.29 is 0 Å². The summed E-state index contributed by atoms with van der Waals surface area (Å²) < 4.78 is 0. The smallest absolute Gasteiger partial charge is 0.225 e. The Hall–Kier alpha value is -2.60. The van der Waals surface area contributed by atoms with Crippen LogP contribution in [-0.2, 0) is 0 Å². The lowest BCUT2D eigenvalue weighted by Gasteiger charge is -2.23. The highest BCUT2D eigenvalue weighted by Crippen LogP contribution is 2.29. The number of benzene rings is 1. The van der Waals surface area contributed by atoms with Gasteiger partial charge in [-0.2, -0.15) is 4.98 Å². The number of rotatable bonds is 6. The second kappa shape index (κ2) is 9.06. The van der Waals surface area contributed by atoms with Gasteiger partial charge < -0.3 is 10.6 Å². The fourth-order valence-corrected chi connectivity index (χ4v) is 4.11. The first-order valence-electron chi connectivity index (χ1n) is 9.78. The summed E-state index contributed by atoms with van der Waals surface area (Å²) in [5.41, 5.74) is 2.90. The zero-order chi connectivity index (χ0) is 19.2. The number of hydrogen-bond donors (Lipinski definition) is 2. The monoisotopic (exact) mass is 391 g/mol. The molecule has 5 nitrogen and oxygen atoms in total. The molecule has 0 bridgehead atoms. The van der Waals surface area contributed by atoms with Gasteiger partial charge in [0, 0.05) is 35.0 Å². The maximum atomic E-state index is 4.77. The van der Waals surface area contributed by atoms with E-state index in [4.69, 9.17) is 9.97 Å². The predicted octanol–water partition coefficient (Wildman–Crippen LogP) is 5.75. The summed E-state index contributed by atoms with van der Waals surface area (Å²) in [6, 6.07) is 14.7. The van der Waals surface area contributed by atoms with Crippen molar-refractivity contribution in [2.75, 3.05) is 16.9 Å². The fraction of sp³-hybridized carbons (Fsp3) is 0.318. The van der Waals surface area contributed by atoms with Gasteiger partial charge in [0.2, 0.25) is 5.95 Å². The molecule has 0 unspecified atom stereocenters. The minimum Gasteiger partial charge on any atom is -0.351 e. The number of thioether (sulfide) groups is 1. The van der Waals surface area contributed by atoms with Crippen molar-refractivity contribution in [3.63, 3.8) is 0 Å². The second-order valence-corrected chi connectivity index (χ2v) is 7.86. The van der Waals surface area contributed by atoms with Crippen LogP contribution in [0.25, 0.3) is 11.3 Å². The zero-order valence-corrected chi connectivity index (χ0v) is 16.9. The highest BCUT2D eigenvalue weighted by molar-refractivity contribution is 7.98. The second-order valence-electron chi connectivity index (χ2n) is 7.01. The van der Waals surface area contributed by atoms with Crippen LogP contribution < -0.4 is 10.6 Å². The summed E-state index contributed by atoms with van der Waals surface area (Å²) in [4.78, 5) is 15.0. The van der Waals surface area contributed by atoms with Crippen molar-refractivity contribution in [3.8, 4) is 11.3 Å². The van der Waals surface area contributed by atoms with Gasteiger partial charge in [-0.3, -0.25) is 4.98 Å². The van der Waals surface area contributed by atoms with Crippen LogP contribution in [0.1, 0.15) is 32.1 Å². The van der Waals surface area contributed by atoms with E-state index in [0.717, 1.165) is 22.8 Å². The van der Waals surface area contributed by atoms with Crippen LogP contribution >= 0.6 is 11.8 Å². The molecule has 2 heterocycles. The average Bonchev–Trinajstić information content (AvgIpc) is 2.75. The van der Waals surface area contributed by atoms with Crippen LogP contribution in [0.4, 0.5) is 17.5 Å². The minimum absolute atomic E-state index is 0.448. The number of hydrogen-bond acceptors (Lipinski definition) is 6. The molecule has 2 N–H and O–H groups in total. The van der Waals surface area contributed by atoms with Crippen LogP contribution in [0.5, 0.6) is 0 Å². The Morgan fingerprint density at radius 2 is 1.86 bits per heavy atom. The molecule has 0 spiro atoms. The van der Waals surface area contributed by atoms with Crippen molar-refractivity contribution in [3.05, 3.63) is 54.9 Å². The Morgan fingerprint density at radius 1 is 1.00 bits per heavy atom. The lowest BCUT2D eigenvalue weighted by atomic mass is 9.96. The molecule has 0 atom stereocenters. The topological polar surface area (TPSA) is 62.7 Å². The van der Waals surface area contributed by atoms with Crippen LogP contribution in [0.3, 0.4) is 0 Å². The SMILES string of the molecule is CSc1ccccc1Nc1cc(-c2cccnc2)nc(NC2CCCCC2)n1. The third-order valence-corrected chi connectivity index (χ3v) is 5.79. The maximum absolute atomic E-state index is 4.77. The Balaban J connectivity index is 1.67. The van der Waals surface area contributed by atoms with Crippen LogP contribution in [-0.4, -0.2) is 27.2 Å². The van der Waals surface area contributed by atoms with Gasteiger partial charge in [0.1, 0.15) is 5.82 Å². The number of pyridine rings is 1. The summed E-state index contributed by atoms with van der Waals surface area (Å²) >= 11 is 1.72. The van der Waals surface area contributed by atoms with Crippen LogP contribution in [0, 0.1) is 0 Å². The first-order chi connectivity index (χ1) is 13.8. The molecule has 3 aromatic rings. The van der Waals surface area contributed by atoms with Gasteiger partial charge in [0.25, 0.3) is 0 Å². The Labute approximate surface area is 170 Å². The predicted molar refractivity (Wildman–Crippen MR) is 117 cm³/mol. The summed E-state index contributed by atoms with van der Waals surface area (Å²) in [7, 11) is 0. The van der Waals surface area contributed by atoms with E-state index in [1.165, 1.54) is 37.0 Å². The number of nitrogens with one attached hydrogen (secondary N) is 2. The molecule has 1 fully saturated rings. The Morgan fingerprint density at radius 3 is 2.64 bits per heavy atom. The average molecular weight is 392 g/mol. The molecule has 0 radical (unpaired) electrons. The third-order valence-electron chi connectivity index (χ3n) is 4.99. The van der Waals surface area contributed by atoms with Gasteiger partial charge in [-0.15, -0.1) is 11.8 Å². The first-order valence-corrected chi connectivity index (χ1v) is 11.0. The zero-order valence-electron chi connectivity index (χ0n) is 16.1. The molecule has 0 aliphatic heterocycles. The molecule has 1 aromatic carbocycles. The van der Waals surface area contributed by atoms with Gasteiger partial charge in [0.15, 0.2) is 0 Å². The number of anilines is 3. The number of para-hydroxylation sites is 1. The van der Waals surface area contributed by atoms with E-state index in [1.54, 1.807) is 18.0 Å². The van der Waals surface area contributed by atoms with E-state index >= 15 is 0 Å². The molecule has 0 saturated heterocycles. The quantitative estimate of drug-likeness (QED) is 0.522. The maximum Gasteiger partial charge on any atom is 0.225 e. The normalized spacial score (nSPS) is 14.6. The number of aromatic nitrogens is 3.